The first-order valence-electron chi connectivity index (χ1n) is 12.5. The fourth-order valence-corrected chi connectivity index (χ4v) is 4.88. The second-order valence-corrected chi connectivity index (χ2v) is 12.1. The van der Waals surface area contributed by atoms with Crippen molar-refractivity contribution in [2.75, 3.05) is 29.9 Å². The van der Waals surface area contributed by atoms with E-state index < -0.39 is 82.0 Å². The number of hydrogen-bond donors (Lipinski definition) is 11. The number of carbonyl (C=O) groups excluding carboxylic acids is 4. The third kappa shape index (κ3) is 15.8. The number of guanidine groups is 1. The van der Waals surface area contributed by atoms with E-state index in [1.165, 1.54) is 24.3 Å². The number of nitrogens with zero attached hydrogens (tertiary/aromatic N) is 1. The molecule has 20 heteroatoms. The van der Waals surface area contributed by atoms with Crippen molar-refractivity contribution in [2.45, 2.75) is 37.4 Å². The second-order valence-electron chi connectivity index (χ2n) is 8.79. The van der Waals surface area contributed by atoms with Gasteiger partial charge in [0, 0.05) is 6.54 Å². The van der Waals surface area contributed by atoms with Crippen molar-refractivity contribution in [1.82, 2.24) is 16.0 Å². The zero-order chi connectivity index (χ0) is 32.5. The molecule has 0 aliphatic rings. The van der Waals surface area contributed by atoms with E-state index in [0.717, 1.165) is 11.8 Å². The van der Waals surface area contributed by atoms with E-state index in [1.807, 2.05) is 0 Å². The molecule has 3 unspecified atom stereocenters. The number of carboxylic acids is 2. The quantitative estimate of drug-likeness (QED) is 0.0281. The van der Waals surface area contributed by atoms with Crippen molar-refractivity contribution in [3.63, 3.8) is 0 Å². The minimum absolute atomic E-state index is 0.113. The third-order valence-electron chi connectivity index (χ3n) is 5.27. The zero-order valence-electron chi connectivity index (χ0n) is 22.8. The predicted molar refractivity (Wildman–Crippen MR) is 157 cm³/mol. The van der Waals surface area contributed by atoms with Crippen LogP contribution in [0.5, 0.6) is 0 Å². The molecule has 43 heavy (non-hydrogen) atoms. The number of nitrogens with two attached hydrogens (primary N) is 3. The van der Waals surface area contributed by atoms with Gasteiger partial charge in [0.25, 0.3) is 0 Å². The Hall–Kier alpha value is -3.90. The van der Waals surface area contributed by atoms with Crippen LogP contribution in [0.3, 0.4) is 0 Å². The standard InChI is InChI=1S/C23H35AsN8O10S/c25-14(2-1-7-28-23(26)27)20(37)29-9-17(33)31-15(8-19(35)36)21(38)32-16(22(39)40)10-43-11-18(34)30-13-5-3-12(4-6-13)24(41)42/h3-6,14-16,41-42H,1-2,7-11,25H2,(H,29,37)(H,30,34)(H,31,33)(H,32,38)(H,35,36)(H,39,40)(H4,26,27,28). The SMILES string of the molecule is NC(N)=NCCCC(N)C(=O)NCC(=O)NC(CC(=O)O)C(=O)NC(CSCC(=O)Nc1ccc([As](O)O)cc1)C(=O)O. The van der Waals surface area contributed by atoms with Crippen LogP contribution in [0.4, 0.5) is 5.69 Å². The number of aliphatic imine (C=N–C) groups is 1. The van der Waals surface area contributed by atoms with Gasteiger partial charge in [-0.05, 0) is 12.8 Å². The van der Waals surface area contributed by atoms with Crippen LogP contribution in [0.15, 0.2) is 29.3 Å². The number of hydrogen-bond acceptors (Lipinski definition) is 11. The summed E-state index contributed by atoms with van der Waals surface area (Å²) in [6, 6.07) is 1.65. The Bertz CT molecular complexity index is 1170. The number of carbonyl (C=O) groups is 6. The normalized spacial score (nSPS) is 12.7. The number of amides is 4. The van der Waals surface area contributed by atoms with E-state index in [0.29, 0.717) is 16.5 Å². The molecule has 0 fully saturated rings. The fourth-order valence-electron chi connectivity index (χ4n) is 3.17. The Morgan fingerprint density at radius 3 is 2.14 bits per heavy atom. The van der Waals surface area contributed by atoms with Crippen molar-refractivity contribution in [1.29, 1.82) is 0 Å². The summed E-state index contributed by atoms with van der Waals surface area (Å²) in [6.45, 7) is -0.393. The van der Waals surface area contributed by atoms with Crippen LogP contribution in [0.25, 0.3) is 0 Å². The molecular weight excluding hydrogens is 655 g/mol. The summed E-state index contributed by atoms with van der Waals surface area (Å²) in [5.41, 5.74) is 16.5. The molecule has 1 aromatic rings. The van der Waals surface area contributed by atoms with Gasteiger partial charge in [-0.3, -0.25) is 24.2 Å². The number of thioether (sulfide) groups is 1. The number of carboxylic acid groups (broad SMARTS) is 2. The average Bonchev–Trinajstić information content (AvgIpc) is 2.92. The average molecular weight is 691 g/mol. The summed E-state index contributed by atoms with van der Waals surface area (Å²) in [5, 5.41) is 27.7. The van der Waals surface area contributed by atoms with E-state index in [2.05, 4.69) is 26.3 Å². The van der Waals surface area contributed by atoms with Gasteiger partial charge >= 0.3 is 136 Å². The van der Waals surface area contributed by atoms with Gasteiger partial charge in [0.05, 0.1) is 19.0 Å². The Morgan fingerprint density at radius 2 is 1.58 bits per heavy atom. The third-order valence-corrected chi connectivity index (χ3v) is 7.90. The molecule has 238 valence electrons. The Balaban J connectivity index is 2.61. The Labute approximate surface area is 255 Å². The van der Waals surface area contributed by atoms with Crippen molar-refractivity contribution in [3.8, 4) is 0 Å². The maximum atomic E-state index is 12.7. The number of nitrogens with one attached hydrogen (secondary N) is 4. The summed E-state index contributed by atoms with van der Waals surface area (Å²) < 4.78 is 18.9. The molecule has 0 saturated carbocycles. The summed E-state index contributed by atoms with van der Waals surface area (Å²) in [5.74, 6) is -6.74. The topological polar surface area (TPSA) is 322 Å². The predicted octanol–water partition coefficient (Wildman–Crippen LogP) is -4.94. The molecule has 0 radical (unpaired) electrons. The minimum atomic E-state index is -3.04. The molecule has 0 aliphatic carbocycles. The van der Waals surface area contributed by atoms with Crippen LogP contribution in [0.2, 0.25) is 0 Å². The van der Waals surface area contributed by atoms with Crippen LogP contribution < -0.4 is 42.8 Å². The molecule has 0 saturated heterocycles. The van der Waals surface area contributed by atoms with Crippen molar-refractivity contribution < 1.29 is 47.2 Å². The molecule has 3 atom stereocenters. The van der Waals surface area contributed by atoms with Crippen molar-refractivity contribution in [3.05, 3.63) is 24.3 Å². The van der Waals surface area contributed by atoms with Gasteiger partial charge in [0.2, 0.25) is 11.8 Å². The first-order valence-corrected chi connectivity index (χ1v) is 16.2. The molecule has 0 aromatic heterocycles. The van der Waals surface area contributed by atoms with Gasteiger partial charge in [0.1, 0.15) is 6.04 Å². The monoisotopic (exact) mass is 690 g/mol. The van der Waals surface area contributed by atoms with E-state index in [4.69, 9.17) is 22.3 Å². The second kappa shape index (κ2) is 19.3. The van der Waals surface area contributed by atoms with Gasteiger partial charge in [-0.15, -0.1) is 0 Å². The van der Waals surface area contributed by atoms with Crippen LogP contribution in [0, 0.1) is 0 Å². The first-order chi connectivity index (χ1) is 20.2. The van der Waals surface area contributed by atoms with Gasteiger partial charge in [0.15, 0.2) is 5.96 Å². The molecule has 4 amide bonds. The Morgan fingerprint density at radius 1 is 0.930 bits per heavy atom. The zero-order valence-corrected chi connectivity index (χ0v) is 25.5. The number of aliphatic carboxylic acids is 2. The van der Waals surface area contributed by atoms with Crippen LogP contribution in [-0.4, -0.2) is 118 Å². The van der Waals surface area contributed by atoms with Gasteiger partial charge < -0.3 is 32.9 Å². The number of benzene rings is 1. The molecule has 1 aromatic carbocycles. The van der Waals surface area contributed by atoms with Crippen LogP contribution in [-0.2, 0) is 28.8 Å². The number of anilines is 1. The Kier molecular flexibility index (Phi) is 16.7. The van der Waals surface area contributed by atoms with Crippen molar-refractivity contribution >= 4 is 78.7 Å². The van der Waals surface area contributed by atoms with E-state index in [9.17, 15) is 42.1 Å². The summed E-state index contributed by atoms with van der Waals surface area (Å²) in [4.78, 5) is 75.9. The van der Waals surface area contributed by atoms with Gasteiger partial charge in [-0.25, -0.2) is 0 Å². The van der Waals surface area contributed by atoms with Gasteiger partial charge in [-0.2, -0.15) is 0 Å². The first kappa shape index (κ1) is 37.1. The molecule has 0 heterocycles. The molecule has 14 N–H and O–H groups in total. The molecule has 0 bridgehead atoms. The van der Waals surface area contributed by atoms with Crippen LogP contribution >= 0.6 is 11.8 Å². The van der Waals surface area contributed by atoms with E-state index >= 15 is 0 Å². The maximum absolute atomic E-state index is 12.7. The summed E-state index contributed by atoms with van der Waals surface area (Å²) >= 11 is -2.17. The van der Waals surface area contributed by atoms with E-state index in [1.54, 1.807) is 0 Å². The van der Waals surface area contributed by atoms with Crippen molar-refractivity contribution in [2.24, 2.45) is 22.2 Å². The summed E-state index contributed by atoms with van der Waals surface area (Å²) in [7, 11) is 0. The van der Waals surface area contributed by atoms with Gasteiger partial charge in [-0.1, -0.05) is 0 Å². The molecular formula is C23H35AsN8O10S. The molecule has 1 rings (SSSR count). The molecule has 0 spiro atoms. The molecule has 0 aliphatic heterocycles. The number of rotatable bonds is 19. The van der Waals surface area contributed by atoms with Crippen LogP contribution in [0.1, 0.15) is 19.3 Å². The van der Waals surface area contributed by atoms with E-state index in [-0.39, 0.29) is 30.4 Å². The summed E-state index contributed by atoms with van der Waals surface area (Å²) in [6.07, 6.45) is -0.291. The molecule has 18 nitrogen and oxygen atoms in total. The fraction of sp³-hybridized carbons (Fsp3) is 0.435.